The van der Waals surface area contributed by atoms with Gasteiger partial charge in [-0.25, -0.2) is 13.2 Å². The summed E-state index contributed by atoms with van der Waals surface area (Å²) in [4.78, 5) is 0. The summed E-state index contributed by atoms with van der Waals surface area (Å²) in [5.41, 5.74) is 1.43. The van der Waals surface area contributed by atoms with E-state index in [1.165, 1.54) is 24.3 Å². The normalized spacial score (nSPS) is 19.9. The Balaban J connectivity index is 1.15. The van der Waals surface area contributed by atoms with Crippen LogP contribution in [0.15, 0.2) is 42.5 Å². The van der Waals surface area contributed by atoms with Gasteiger partial charge in [-0.3, -0.25) is 0 Å². The Bertz CT molecular complexity index is 1550. The van der Waals surface area contributed by atoms with Gasteiger partial charge in [0.05, 0.1) is 19.8 Å². The van der Waals surface area contributed by atoms with Gasteiger partial charge in [-0.05, 0) is 117 Å². The van der Waals surface area contributed by atoms with Crippen LogP contribution in [0.1, 0.15) is 100 Å². The van der Waals surface area contributed by atoms with Gasteiger partial charge in [0.15, 0.2) is 34.7 Å². The average molecular weight is 647 g/mol. The lowest BCUT2D eigenvalue weighted by molar-refractivity contribution is 0.227. The van der Waals surface area contributed by atoms with E-state index in [4.69, 9.17) is 14.2 Å². The average Bonchev–Trinajstić information content (AvgIpc) is 3.07. The number of allylic oxidation sites excluding steroid dienone is 2. The van der Waals surface area contributed by atoms with Crippen molar-refractivity contribution in [3.63, 3.8) is 0 Å². The molecular formula is C37H40F6O3. The standard InChI is InChI=1S/C37H40F6O3/c1-3-5-20-45-30-18-15-26(33(39)36(30)42)23-8-6-22(7-9-23)21-46-31-19-16-28(34(40)37(31)43)25-12-10-24(11-13-25)27-14-17-29(44-4-2)35(41)32(27)38/h8,14-19,22,24-25H,3-7,9-13,20-21H2,1-2H3. The second kappa shape index (κ2) is 15.3. The van der Waals surface area contributed by atoms with Crippen LogP contribution in [-0.2, 0) is 0 Å². The van der Waals surface area contributed by atoms with Gasteiger partial charge in [-0.1, -0.05) is 31.6 Å². The molecule has 1 unspecified atom stereocenters. The highest BCUT2D eigenvalue weighted by Gasteiger charge is 2.30. The number of hydrogen-bond donors (Lipinski definition) is 0. The van der Waals surface area contributed by atoms with Crippen molar-refractivity contribution in [3.05, 3.63) is 94.1 Å². The van der Waals surface area contributed by atoms with E-state index in [9.17, 15) is 17.6 Å². The molecule has 1 fully saturated rings. The predicted octanol–water partition coefficient (Wildman–Crippen LogP) is 10.8. The Kier molecular flexibility index (Phi) is 11.2. The maximum absolute atomic E-state index is 15.2. The molecule has 0 aliphatic heterocycles. The van der Waals surface area contributed by atoms with Gasteiger partial charge >= 0.3 is 0 Å². The van der Waals surface area contributed by atoms with E-state index in [2.05, 4.69) is 0 Å². The van der Waals surface area contributed by atoms with E-state index in [0.29, 0.717) is 57.1 Å². The smallest absolute Gasteiger partial charge is 0.201 e. The minimum Gasteiger partial charge on any atom is -0.491 e. The number of rotatable bonds is 12. The van der Waals surface area contributed by atoms with Crippen LogP contribution in [0.3, 0.4) is 0 Å². The molecule has 3 aromatic rings. The number of ether oxygens (including phenoxy) is 3. The van der Waals surface area contributed by atoms with Crippen LogP contribution < -0.4 is 14.2 Å². The maximum Gasteiger partial charge on any atom is 0.201 e. The quantitative estimate of drug-likeness (QED) is 0.145. The molecule has 248 valence electrons. The van der Waals surface area contributed by atoms with Crippen LogP contribution in [0.25, 0.3) is 5.57 Å². The summed E-state index contributed by atoms with van der Waals surface area (Å²) in [5.74, 6) is -6.72. The predicted molar refractivity (Wildman–Crippen MR) is 165 cm³/mol. The van der Waals surface area contributed by atoms with Crippen LogP contribution in [-0.4, -0.2) is 19.8 Å². The monoisotopic (exact) mass is 646 g/mol. The van der Waals surface area contributed by atoms with Crippen LogP contribution in [0.5, 0.6) is 17.2 Å². The molecule has 46 heavy (non-hydrogen) atoms. The highest BCUT2D eigenvalue weighted by atomic mass is 19.2. The van der Waals surface area contributed by atoms with E-state index in [1.54, 1.807) is 19.1 Å². The molecule has 0 aromatic heterocycles. The lowest BCUT2D eigenvalue weighted by Gasteiger charge is -2.30. The zero-order valence-corrected chi connectivity index (χ0v) is 26.3. The van der Waals surface area contributed by atoms with Gasteiger partial charge < -0.3 is 14.2 Å². The SMILES string of the molecule is CCCCOc1ccc(C2=CCC(COc3ccc(C4CCC(c5ccc(OCC)c(F)c5F)CC4)c(F)c3F)CC2)c(F)c1F. The van der Waals surface area contributed by atoms with Crippen LogP contribution in [0.4, 0.5) is 26.3 Å². The molecule has 3 aromatic carbocycles. The molecule has 5 rings (SSSR count). The Labute approximate surface area is 266 Å². The molecule has 0 amide bonds. The van der Waals surface area contributed by atoms with Gasteiger partial charge in [0, 0.05) is 5.56 Å². The van der Waals surface area contributed by atoms with E-state index in [-0.39, 0.29) is 64.9 Å². The Morgan fingerprint density at radius 3 is 1.70 bits per heavy atom. The minimum atomic E-state index is -1.05. The van der Waals surface area contributed by atoms with Gasteiger partial charge in [-0.15, -0.1) is 0 Å². The zero-order valence-electron chi connectivity index (χ0n) is 26.3. The van der Waals surface area contributed by atoms with Crippen molar-refractivity contribution in [1.29, 1.82) is 0 Å². The molecule has 0 N–H and O–H groups in total. The molecule has 0 bridgehead atoms. The molecule has 3 nitrogen and oxygen atoms in total. The fourth-order valence-electron chi connectivity index (χ4n) is 6.53. The van der Waals surface area contributed by atoms with E-state index >= 15 is 8.78 Å². The van der Waals surface area contributed by atoms with E-state index < -0.39 is 34.9 Å². The third-order valence-corrected chi connectivity index (χ3v) is 9.20. The molecule has 2 aliphatic carbocycles. The fraction of sp³-hybridized carbons (Fsp3) is 0.459. The molecule has 1 saturated carbocycles. The van der Waals surface area contributed by atoms with Gasteiger partial charge in [0.25, 0.3) is 0 Å². The Hall–Kier alpha value is -3.62. The highest BCUT2D eigenvalue weighted by molar-refractivity contribution is 5.67. The first-order valence-electron chi connectivity index (χ1n) is 16.2. The number of benzene rings is 3. The molecule has 0 radical (unpaired) electrons. The summed E-state index contributed by atoms with van der Waals surface area (Å²) < 4.78 is 105. The van der Waals surface area contributed by atoms with Crippen molar-refractivity contribution < 1.29 is 40.6 Å². The van der Waals surface area contributed by atoms with Crippen molar-refractivity contribution in [3.8, 4) is 17.2 Å². The van der Waals surface area contributed by atoms with Crippen LogP contribution >= 0.6 is 0 Å². The fourth-order valence-corrected chi connectivity index (χ4v) is 6.53. The molecule has 0 saturated heterocycles. The van der Waals surface area contributed by atoms with Crippen molar-refractivity contribution in [2.24, 2.45) is 5.92 Å². The summed E-state index contributed by atoms with van der Waals surface area (Å²) in [6, 6.07) is 8.95. The second-order valence-electron chi connectivity index (χ2n) is 12.2. The summed E-state index contributed by atoms with van der Waals surface area (Å²) in [5, 5.41) is 0. The molecule has 9 heteroatoms. The summed E-state index contributed by atoms with van der Waals surface area (Å²) >= 11 is 0. The van der Waals surface area contributed by atoms with Crippen molar-refractivity contribution in [1.82, 2.24) is 0 Å². The van der Waals surface area contributed by atoms with Crippen LogP contribution in [0, 0.1) is 40.8 Å². The summed E-state index contributed by atoms with van der Waals surface area (Å²) in [7, 11) is 0. The number of hydrogen-bond acceptors (Lipinski definition) is 3. The molecule has 0 heterocycles. The van der Waals surface area contributed by atoms with Gasteiger partial charge in [0.1, 0.15) is 0 Å². The summed E-state index contributed by atoms with van der Waals surface area (Å²) in [6.07, 6.45) is 7.15. The first kappa shape index (κ1) is 33.7. The Morgan fingerprint density at radius 2 is 1.15 bits per heavy atom. The number of halogens is 6. The van der Waals surface area contributed by atoms with E-state index in [1.807, 2.05) is 13.0 Å². The van der Waals surface area contributed by atoms with Gasteiger partial charge in [-0.2, -0.15) is 13.2 Å². The molecule has 1 atom stereocenters. The maximum atomic E-state index is 15.2. The molecular weight excluding hydrogens is 606 g/mol. The first-order chi connectivity index (χ1) is 22.2. The number of unbranched alkanes of at least 4 members (excludes halogenated alkanes) is 1. The third kappa shape index (κ3) is 7.34. The van der Waals surface area contributed by atoms with E-state index in [0.717, 1.165) is 12.8 Å². The molecule has 2 aliphatic rings. The first-order valence-corrected chi connectivity index (χ1v) is 16.2. The van der Waals surface area contributed by atoms with Gasteiger partial charge in [0.2, 0.25) is 17.5 Å². The van der Waals surface area contributed by atoms with Crippen molar-refractivity contribution >= 4 is 5.57 Å². The van der Waals surface area contributed by atoms with Crippen molar-refractivity contribution in [2.45, 2.75) is 83.5 Å². The van der Waals surface area contributed by atoms with Crippen LogP contribution in [0.2, 0.25) is 0 Å². The summed E-state index contributed by atoms with van der Waals surface area (Å²) in [6.45, 7) is 4.37. The lowest BCUT2D eigenvalue weighted by atomic mass is 9.76. The highest BCUT2D eigenvalue weighted by Crippen LogP contribution is 2.44. The zero-order chi connectivity index (χ0) is 32.8. The molecule has 0 spiro atoms. The second-order valence-corrected chi connectivity index (χ2v) is 12.2. The Morgan fingerprint density at radius 1 is 0.609 bits per heavy atom. The largest absolute Gasteiger partial charge is 0.491 e. The lowest BCUT2D eigenvalue weighted by Crippen LogP contribution is -2.17. The minimum absolute atomic E-state index is 0.00134. The third-order valence-electron chi connectivity index (χ3n) is 9.20. The van der Waals surface area contributed by atoms with Crippen molar-refractivity contribution in [2.75, 3.05) is 19.8 Å². The topological polar surface area (TPSA) is 27.7 Å².